The van der Waals surface area contributed by atoms with E-state index in [4.69, 9.17) is 4.74 Å². The first-order chi connectivity index (χ1) is 6.90. The monoisotopic (exact) mass is 208 g/mol. The van der Waals surface area contributed by atoms with Crippen LogP contribution in [0.15, 0.2) is 12.1 Å². The van der Waals surface area contributed by atoms with Crippen molar-refractivity contribution >= 4 is 0 Å². The van der Waals surface area contributed by atoms with Crippen molar-refractivity contribution in [2.75, 3.05) is 7.11 Å². The van der Waals surface area contributed by atoms with Gasteiger partial charge in [0.05, 0.1) is 7.11 Å². The van der Waals surface area contributed by atoms with Crippen molar-refractivity contribution in [2.45, 2.75) is 39.5 Å². The van der Waals surface area contributed by atoms with Crippen LogP contribution in [0.3, 0.4) is 0 Å². The predicted molar refractivity (Wildman–Crippen MR) is 62.7 cm³/mol. The summed E-state index contributed by atoms with van der Waals surface area (Å²) in [5, 5.41) is 9.92. The third-order valence-electron chi connectivity index (χ3n) is 2.59. The van der Waals surface area contributed by atoms with Crippen molar-refractivity contribution in [3.63, 3.8) is 0 Å². The fourth-order valence-electron chi connectivity index (χ4n) is 1.68. The maximum atomic E-state index is 9.92. The molecule has 0 bridgehead atoms. The van der Waals surface area contributed by atoms with Crippen molar-refractivity contribution < 1.29 is 9.84 Å². The quantitative estimate of drug-likeness (QED) is 0.808. The Hall–Kier alpha value is -1.18. The molecule has 0 radical (unpaired) electrons. The van der Waals surface area contributed by atoms with Crippen LogP contribution in [0.2, 0.25) is 0 Å². The first-order valence-corrected chi connectivity index (χ1v) is 5.30. The Bertz CT molecular complexity index is 348. The maximum Gasteiger partial charge on any atom is 0.122 e. The highest BCUT2D eigenvalue weighted by Gasteiger charge is 2.20. The van der Waals surface area contributed by atoms with Gasteiger partial charge in [-0.1, -0.05) is 27.7 Å². The number of aromatic hydroxyl groups is 1. The summed E-state index contributed by atoms with van der Waals surface area (Å²) in [6.45, 7) is 8.28. The summed E-state index contributed by atoms with van der Waals surface area (Å²) in [6.07, 6.45) is 0.862. The zero-order valence-corrected chi connectivity index (χ0v) is 10.2. The van der Waals surface area contributed by atoms with Crippen LogP contribution in [-0.2, 0) is 11.8 Å². The van der Waals surface area contributed by atoms with Crippen molar-refractivity contribution in [3.8, 4) is 11.5 Å². The fourth-order valence-corrected chi connectivity index (χ4v) is 1.68. The molecular weight excluding hydrogens is 188 g/mol. The molecule has 1 rings (SSSR count). The molecule has 0 saturated heterocycles. The van der Waals surface area contributed by atoms with Gasteiger partial charge >= 0.3 is 0 Å². The van der Waals surface area contributed by atoms with Gasteiger partial charge < -0.3 is 9.84 Å². The highest BCUT2D eigenvalue weighted by atomic mass is 16.5. The van der Waals surface area contributed by atoms with Gasteiger partial charge in [-0.3, -0.25) is 0 Å². The first kappa shape index (κ1) is 11.9. The average molecular weight is 208 g/mol. The second-order valence-corrected chi connectivity index (χ2v) is 4.78. The lowest BCUT2D eigenvalue weighted by molar-refractivity contribution is 0.400. The number of hydrogen-bond donors (Lipinski definition) is 1. The van der Waals surface area contributed by atoms with Crippen LogP contribution in [-0.4, -0.2) is 12.2 Å². The van der Waals surface area contributed by atoms with E-state index in [9.17, 15) is 5.11 Å². The second kappa shape index (κ2) is 4.13. The molecule has 0 aliphatic carbocycles. The number of phenols is 1. The molecule has 1 aromatic carbocycles. The number of hydrogen-bond acceptors (Lipinski definition) is 2. The van der Waals surface area contributed by atoms with E-state index < -0.39 is 0 Å². The van der Waals surface area contributed by atoms with Gasteiger partial charge in [0.1, 0.15) is 11.5 Å². The topological polar surface area (TPSA) is 29.5 Å². The molecule has 0 spiro atoms. The molecular formula is C13H20O2. The van der Waals surface area contributed by atoms with Crippen molar-refractivity contribution in [1.82, 2.24) is 0 Å². The van der Waals surface area contributed by atoms with E-state index in [1.54, 1.807) is 13.2 Å². The number of ether oxygens (including phenoxy) is 1. The van der Waals surface area contributed by atoms with E-state index in [2.05, 4.69) is 20.8 Å². The zero-order chi connectivity index (χ0) is 11.6. The number of rotatable bonds is 2. The third-order valence-corrected chi connectivity index (χ3v) is 2.59. The molecule has 1 aromatic rings. The molecule has 84 valence electrons. The molecule has 1 N–H and O–H groups in total. The minimum Gasteiger partial charge on any atom is -0.508 e. The minimum absolute atomic E-state index is 0.0658. The van der Waals surface area contributed by atoms with E-state index in [1.807, 2.05) is 13.0 Å². The van der Waals surface area contributed by atoms with Gasteiger partial charge in [-0.05, 0) is 29.5 Å². The van der Waals surface area contributed by atoms with Gasteiger partial charge in [0, 0.05) is 5.56 Å². The lowest BCUT2D eigenvalue weighted by atomic mass is 9.85. The summed E-state index contributed by atoms with van der Waals surface area (Å²) in [5.41, 5.74) is 1.91. The molecule has 0 aromatic heterocycles. The van der Waals surface area contributed by atoms with Crippen LogP contribution in [0, 0.1) is 0 Å². The van der Waals surface area contributed by atoms with Crippen LogP contribution in [0.5, 0.6) is 11.5 Å². The first-order valence-electron chi connectivity index (χ1n) is 5.30. The summed E-state index contributed by atoms with van der Waals surface area (Å²) in [4.78, 5) is 0. The molecule has 15 heavy (non-hydrogen) atoms. The van der Waals surface area contributed by atoms with E-state index in [-0.39, 0.29) is 5.41 Å². The smallest absolute Gasteiger partial charge is 0.122 e. The predicted octanol–water partition coefficient (Wildman–Crippen LogP) is 3.26. The van der Waals surface area contributed by atoms with Gasteiger partial charge in [0.15, 0.2) is 0 Å². The summed E-state index contributed by atoms with van der Waals surface area (Å²) in [6, 6.07) is 3.74. The van der Waals surface area contributed by atoms with E-state index in [0.29, 0.717) is 5.75 Å². The largest absolute Gasteiger partial charge is 0.508 e. The molecule has 2 heteroatoms. The van der Waals surface area contributed by atoms with Crippen LogP contribution in [0.25, 0.3) is 0 Å². The summed E-state index contributed by atoms with van der Waals surface area (Å²) >= 11 is 0. The molecule has 2 nitrogen and oxygen atoms in total. The minimum atomic E-state index is -0.0658. The van der Waals surface area contributed by atoms with Crippen molar-refractivity contribution in [2.24, 2.45) is 0 Å². The maximum absolute atomic E-state index is 9.92. The summed E-state index contributed by atoms with van der Waals surface area (Å²) < 4.78 is 5.32. The van der Waals surface area contributed by atoms with E-state index in [0.717, 1.165) is 23.3 Å². The standard InChI is InChI=1S/C13H20O2/c1-6-9-7-11(14)10(13(2,3)4)8-12(9)15-5/h7-8,14H,6H2,1-5H3. The van der Waals surface area contributed by atoms with Gasteiger partial charge in [0.2, 0.25) is 0 Å². The van der Waals surface area contributed by atoms with Gasteiger partial charge in [-0.25, -0.2) is 0 Å². The number of benzene rings is 1. The van der Waals surface area contributed by atoms with E-state index in [1.165, 1.54) is 0 Å². The van der Waals surface area contributed by atoms with E-state index >= 15 is 0 Å². The van der Waals surface area contributed by atoms with Gasteiger partial charge in [0.25, 0.3) is 0 Å². The van der Waals surface area contributed by atoms with Crippen molar-refractivity contribution in [1.29, 1.82) is 0 Å². The normalized spacial score (nSPS) is 11.5. The Morgan fingerprint density at radius 2 is 1.87 bits per heavy atom. The van der Waals surface area contributed by atoms with Crippen LogP contribution in [0.1, 0.15) is 38.8 Å². The highest BCUT2D eigenvalue weighted by Crippen LogP contribution is 2.36. The Morgan fingerprint density at radius 1 is 1.27 bits per heavy atom. The molecule has 0 amide bonds. The SMILES string of the molecule is CCc1cc(O)c(C(C)(C)C)cc1OC. The fraction of sp³-hybridized carbons (Fsp3) is 0.538. The zero-order valence-electron chi connectivity index (χ0n) is 10.2. The average Bonchev–Trinajstić information content (AvgIpc) is 2.15. The number of aryl methyl sites for hydroxylation is 1. The van der Waals surface area contributed by atoms with Crippen LogP contribution >= 0.6 is 0 Å². The molecule has 0 aliphatic heterocycles. The van der Waals surface area contributed by atoms with Gasteiger partial charge in [-0.15, -0.1) is 0 Å². The molecule has 0 unspecified atom stereocenters. The number of phenolic OH excluding ortho intramolecular Hbond substituents is 1. The Labute approximate surface area is 91.9 Å². The highest BCUT2D eigenvalue weighted by molar-refractivity contribution is 5.48. The lowest BCUT2D eigenvalue weighted by Crippen LogP contribution is -2.12. The summed E-state index contributed by atoms with van der Waals surface area (Å²) in [7, 11) is 1.66. The Balaban J connectivity index is 3.32. The lowest BCUT2D eigenvalue weighted by Gasteiger charge is -2.22. The molecule has 0 atom stereocenters. The van der Waals surface area contributed by atoms with Crippen molar-refractivity contribution in [3.05, 3.63) is 23.3 Å². The molecule has 0 heterocycles. The van der Waals surface area contributed by atoms with Crippen LogP contribution < -0.4 is 4.74 Å². The number of methoxy groups -OCH3 is 1. The molecule has 0 saturated carbocycles. The summed E-state index contributed by atoms with van der Waals surface area (Å²) in [5.74, 6) is 1.22. The molecule has 0 aliphatic rings. The third kappa shape index (κ3) is 2.44. The Kier molecular flexibility index (Phi) is 3.28. The second-order valence-electron chi connectivity index (χ2n) is 4.78. The van der Waals surface area contributed by atoms with Crippen LogP contribution in [0.4, 0.5) is 0 Å². The van der Waals surface area contributed by atoms with Gasteiger partial charge in [-0.2, -0.15) is 0 Å². The molecule has 0 fully saturated rings. The Morgan fingerprint density at radius 3 is 2.27 bits per heavy atom.